The Hall–Kier alpha value is -2.99. The molecule has 0 spiro atoms. The van der Waals surface area contributed by atoms with Crippen molar-refractivity contribution in [2.24, 2.45) is 10.2 Å². The van der Waals surface area contributed by atoms with Gasteiger partial charge >= 0.3 is 0 Å². The summed E-state index contributed by atoms with van der Waals surface area (Å²) >= 11 is 1.46. The van der Waals surface area contributed by atoms with E-state index in [1.165, 1.54) is 17.4 Å². The van der Waals surface area contributed by atoms with Gasteiger partial charge < -0.3 is 10.2 Å². The highest BCUT2D eigenvalue weighted by molar-refractivity contribution is 7.21. The summed E-state index contributed by atoms with van der Waals surface area (Å²) in [6.07, 6.45) is 0. The second kappa shape index (κ2) is 5.90. The van der Waals surface area contributed by atoms with E-state index in [9.17, 15) is 10.2 Å². The Morgan fingerprint density at radius 3 is 2.54 bits per heavy atom. The van der Waals surface area contributed by atoms with Gasteiger partial charge in [-0.25, -0.2) is 4.98 Å². The van der Waals surface area contributed by atoms with Crippen molar-refractivity contribution in [2.45, 2.75) is 6.54 Å². The zero-order valence-corrected chi connectivity index (χ0v) is 13.4. The molecule has 0 bridgehead atoms. The van der Waals surface area contributed by atoms with Crippen LogP contribution in [-0.2, 0) is 6.54 Å². The molecule has 2 N–H and O–H groups in total. The molecule has 118 valence electrons. The van der Waals surface area contributed by atoms with E-state index in [0.29, 0.717) is 21.5 Å². The first kappa shape index (κ1) is 14.6. The molecule has 0 aliphatic heterocycles. The van der Waals surface area contributed by atoms with Gasteiger partial charge in [-0.05, 0) is 18.2 Å². The van der Waals surface area contributed by atoms with Gasteiger partial charge in [0.25, 0.3) is 0 Å². The average molecular weight is 335 g/mol. The van der Waals surface area contributed by atoms with Crippen LogP contribution in [-0.4, -0.2) is 15.2 Å². The summed E-state index contributed by atoms with van der Waals surface area (Å²) in [6, 6.07) is 16.5. The zero-order chi connectivity index (χ0) is 16.5. The smallest absolute Gasteiger partial charge is 0.230 e. The highest BCUT2D eigenvalue weighted by Gasteiger charge is 2.10. The minimum absolute atomic E-state index is 0.117. The van der Waals surface area contributed by atoms with Gasteiger partial charge in [0.2, 0.25) is 5.13 Å². The predicted octanol–water partition coefficient (Wildman–Crippen LogP) is 5.14. The normalized spacial score (nSPS) is 11.7. The fourth-order valence-corrected chi connectivity index (χ4v) is 3.40. The number of thiazole rings is 1. The SMILES string of the molecule is Oc1cc(CN=Nc2nc3ccccc3s2)c(O)c2ccccc12. The van der Waals surface area contributed by atoms with Crippen LogP contribution in [0.25, 0.3) is 21.0 Å². The van der Waals surface area contributed by atoms with Crippen molar-refractivity contribution in [3.63, 3.8) is 0 Å². The molecule has 0 saturated heterocycles. The molecular weight excluding hydrogens is 322 g/mol. The van der Waals surface area contributed by atoms with Crippen LogP contribution in [0.3, 0.4) is 0 Å². The third-order valence-corrected chi connectivity index (χ3v) is 4.67. The molecule has 24 heavy (non-hydrogen) atoms. The van der Waals surface area contributed by atoms with Gasteiger partial charge in [-0.1, -0.05) is 47.7 Å². The number of benzene rings is 3. The first-order valence-corrected chi connectivity index (χ1v) is 8.19. The summed E-state index contributed by atoms with van der Waals surface area (Å²) in [5.41, 5.74) is 1.42. The van der Waals surface area contributed by atoms with Crippen molar-refractivity contribution in [2.75, 3.05) is 0 Å². The van der Waals surface area contributed by atoms with Crippen LogP contribution in [0.15, 0.2) is 64.8 Å². The number of hydrogen-bond acceptors (Lipinski definition) is 6. The minimum atomic E-state index is 0.117. The predicted molar refractivity (Wildman–Crippen MR) is 95.1 cm³/mol. The molecule has 3 aromatic carbocycles. The monoisotopic (exact) mass is 335 g/mol. The van der Waals surface area contributed by atoms with Gasteiger partial charge in [0, 0.05) is 16.3 Å². The van der Waals surface area contributed by atoms with E-state index in [1.54, 1.807) is 12.1 Å². The minimum Gasteiger partial charge on any atom is -0.507 e. The Morgan fingerprint density at radius 2 is 1.71 bits per heavy atom. The summed E-state index contributed by atoms with van der Waals surface area (Å²) < 4.78 is 1.05. The molecule has 0 unspecified atom stereocenters. The fourth-order valence-electron chi connectivity index (χ4n) is 2.59. The standard InChI is InChI=1S/C18H13N3O2S/c22-15-9-11(17(23)13-6-2-1-5-12(13)15)10-19-21-18-20-14-7-3-4-8-16(14)24-18/h1-9,22-23H,10H2. The van der Waals surface area contributed by atoms with Crippen LogP contribution in [0.4, 0.5) is 5.13 Å². The number of aromatic hydroxyl groups is 2. The number of azo groups is 1. The van der Waals surface area contributed by atoms with Gasteiger partial charge in [-0.2, -0.15) is 5.11 Å². The number of fused-ring (bicyclic) bond motifs is 2. The molecule has 0 fully saturated rings. The largest absolute Gasteiger partial charge is 0.507 e. The second-order valence-corrected chi connectivity index (χ2v) is 6.32. The van der Waals surface area contributed by atoms with E-state index in [2.05, 4.69) is 15.2 Å². The first-order valence-electron chi connectivity index (χ1n) is 7.38. The molecule has 0 saturated carbocycles. The maximum absolute atomic E-state index is 10.4. The molecule has 4 rings (SSSR count). The van der Waals surface area contributed by atoms with E-state index in [1.807, 2.05) is 36.4 Å². The van der Waals surface area contributed by atoms with Crippen LogP contribution >= 0.6 is 11.3 Å². The zero-order valence-electron chi connectivity index (χ0n) is 12.5. The number of phenolic OH excluding ortho intramolecular Hbond substituents is 2. The Balaban J connectivity index is 1.63. The summed E-state index contributed by atoms with van der Waals surface area (Å²) in [7, 11) is 0. The van der Waals surface area contributed by atoms with Gasteiger partial charge in [0.05, 0.1) is 16.8 Å². The van der Waals surface area contributed by atoms with E-state index in [4.69, 9.17) is 0 Å². The molecule has 0 aliphatic rings. The second-order valence-electron chi connectivity index (χ2n) is 5.31. The number of phenols is 2. The van der Waals surface area contributed by atoms with Crippen molar-refractivity contribution in [3.8, 4) is 11.5 Å². The van der Waals surface area contributed by atoms with Gasteiger partial charge in [-0.3, -0.25) is 0 Å². The molecule has 5 nitrogen and oxygen atoms in total. The lowest BCUT2D eigenvalue weighted by molar-refractivity contribution is 0.463. The molecule has 0 amide bonds. The van der Waals surface area contributed by atoms with Crippen LogP contribution in [0.2, 0.25) is 0 Å². The molecule has 0 aliphatic carbocycles. The number of hydrogen-bond donors (Lipinski definition) is 2. The summed E-state index contributed by atoms with van der Waals surface area (Å²) in [4.78, 5) is 4.38. The van der Waals surface area contributed by atoms with Crippen molar-refractivity contribution >= 4 is 37.5 Å². The summed E-state index contributed by atoms with van der Waals surface area (Å²) in [6.45, 7) is 0.167. The number of rotatable bonds is 3. The molecule has 1 aromatic heterocycles. The third kappa shape index (κ3) is 2.57. The number of aromatic nitrogens is 1. The molecule has 4 aromatic rings. The average Bonchev–Trinajstić information content (AvgIpc) is 3.02. The van der Waals surface area contributed by atoms with Gasteiger partial charge in [0.15, 0.2) is 0 Å². The van der Waals surface area contributed by atoms with Gasteiger partial charge in [0.1, 0.15) is 11.5 Å². The Morgan fingerprint density at radius 1 is 0.958 bits per heavy atom. The van der Waals surface area contributed by atoms with Crippen LogP contribution in [0.5, 0.6) is 11.5 Å². The van der Waals surface area contributed by atoms with Crippen molar-refractivity contribution in [1.82, 2.24) is 4.98 Å². The van der Waals surface area contributed by atoms with E-state index in [0.717, 1.165) is 10.2 Å². The van der Waals surface area contributed by atoms with E-state index in [-0.39, 0.29) is 18.0 Å². The lowest BCUT2D eigenvalue weighted by Gasteiger charge is -2.07. The fraction of sp³-hybridized carbons (Fsp3) is 0.0556. The lowest BCUT2D eigenvalue weighted by Crippen LogP contribution is -1.85. The van der Waals surface area contributed by atoms with Crippen LogP contribution < -0.4 is 0 Å². The lowest BCUT2D eigenvalue weighted by atomic mass is 10.0. The Labute approximate surface area is 141 Å². The third-order valence-electron chi connectivity index (χ3n) is 3.75. The molecule has 0 atom stereocenters. The quantitative estimate of drug-likeness (QED) is 0.402. The van der Waals surface area contributed by atoms with Gasteiger partial charge in [-0.15, -0.1) is 5.11 Å². The van der Waals surface area contributed by atoms with Crippen LogP contribution in [0.1, 0.15) is 5.56 Å². The van der Waals surface area contributed by atoms with Crippen molar-refractivity contribution < 1.29 is 10.2 Å². The van der Waals surface area contributed by atoms with Crippen molar-refractivity contribution in [3.05, 3.63) is 60.2 Å². The summed E-state index contributed by atoms with van der Waals surface area (Å²) in [5.74, 6) is 0.236. The molecule has 1 heterocycles. The highest BCUT2D eigenvalue weighted by Crippen LogP contribution is 2.36. The number of nitrogens with zero attached hydrogens (tertiary/aromatic N) is 3. The van der Waals surface area contributed by atoms with Crippen molar-refractivity contribution in [1.29, 1.82) is 0 Å². The molecule has 6 heteroatoms. The van der Waals surface area contributed by atoms with E-state index >= 15 is 0 Å². The maximum atomic E-state index is 10.4. The number of para-hydroxylation sites is 1. The topological polar surface area (TPSA) is 78.1 Å². The van der Waals surface area contributed by atoms with Crippen LogP contribution in [0, 0.1) is 0 Å². The summed E-state index contributed by atoms with van der Waals surface area (Å²) in [5, 5.41) is 30.5. The molecule has 0 radical (unpaired) electrons. The Kier molecular flexibility index (Phi) is 3.59. The first-order chi connectivity index (χ1) is 11.7. The Bertz CT molecular complexity index is 1040. The molecular formula is C18H13N3O2S. The van der Waals surface area contributed by atoms with E-state index < -0.39 is 0 Å². The highest BCUT2D eigenvalue weighted by atomic mass is 32.1. The maximum Gasteiger partial charge on any atom is 0.230 e.